The number of rotatable bonds is 5. The summed E-state index contributed by atoms with van der Waals surface area (Å²) in [5.41, 5.74) is -0.593. The first-order valence-electron chi connectivity index (χ1n) is 5.21. The smallest absolute Gasteiger partial charge is 0.339 e. The first-order chi connectivity index (χ1) is 7.91. The molecule has 6 heteroatoms. The topological polar surface area (TPSA) is 82.5 Å². The predicted octanol–water partition coefficient (Wildman–Crippen LogP) is 2.01. The summed E-state index contributed by atoms with van der Waals surface area (Å²) in [5, 5.41) is 21.4. The zero-order valence-corrected chi connectivity index (χ0v) is 10.5. The van der Waals surface area contributed by atoms with Gasteiger partial charge in [-0.15, -0.1) is 0 Å². The summed E-state index contributed by atoms with van der Waals surface area (Å²) in [5.74, 6) is -0.920. The fourth-order valence-corrected chi connectivity index (χ4v) is 1.38. The SMILES string of the molecule is CCC(C)(CO)Nc1nc(Cl)ccc1C(=O)O. The number of carboxylic acids is 1. The van der Waals surface area contributed by atoms with Crippen LogP contribution in [-0.4, -0.2) is 33.3 Å². The molecular weight excluding hydrogens is 244 g/mol. The molecule has 0 fully saturated rings. The van der Waals surface area contributed by atoms with Crippen LogP contribution in [0.2, 0.25) is 5.15 Å². The van der Waals surface area contributed by atoms with Gasteiger partial charge in [-0.2, -0.15) is 0 Å². The number of aromatic carboxylic acids is 1. The van der Waals surface area contributed by atoms with Crippen LogP contribution >= 0.6 is 11.6 Å². The van der Waals surface area contributed by atoms with E-state index in [2.05, 4.69) is 10.3 Å². The van der Waals surface area contributed by atoms with Crippen LogP contribution in [0.5, 0.6) is 0 Å². The summed E-state index contributed by atoms with van der Waals surface area (Å²) < 4.78 is 0. The second kappa shape index (κ2) is 5.33. The molecule has 1 heterocycles. The van der Waals surface area contributed by atoms with Gasteiger partial charge in [0, 0.05) is 0 Å². The second-order valence-electron chi connectivity index (χ2n) is 4.03. The molecule has 1 aromatic rings. The summed E-state index contributed by atoms with van der Waals surface area (Å²) >= 11 is 5.73. The number of hydrogen-bond acceptors (Lipinski definition) is 4. The van der Waals surface area contributed by atoms with Crippen molar-refractivity contribution in [3.8, 4) is 0 Å². The normalized spacial score (nSPS) is 14.1. The summed E-state index contributed by atoms with van der Waals surface area (Å²) in [4.78, 5) is 14.9. The summed E-state index contributed by atoms with van der Waals surface area (Å²) in [6, 6.07) is 2.80. The van der Waals surface area contributed by atoms with Gasteiger partial charge >= 0.3 is 5.97 Å². The predicted molar refractivity (Wildman–Crippen MR) is 65.6 cm³/mol. The Kier molecular flexibility index (Phi) is 4.31. The molecule has 17 heavy (non-hydrogen) atoms. The van der Waals surface area contributed by atoms with Gasteiger partial charge in [-0.1, -0.05) is 18.5 Å². The number of nitrogens with one attached hydrogen (secondary N) is 1. The molecule has 0 bridgehead atoms. The Morgan fingerprint density at radius 3 is 2.71 bits per heavy atom. The third kappa shape index (κ3) is 3.31. The lowest BCUT2D eigenvalue weighted by Gasteiger charge is -2.28. The standard InChI is InChI=1S/C11H15ClN2O3/c1-3-11(2,6-15)14-9-7(10(16)17)4-5-8(12)13-9/h4-5,15H,3,6H2,1-2H3,(H,13,14)(H,16,17). The highest BCUT2D eigenvalue weighted by molar-refractivity contribution is 6.29. The van der Waals surface area contributed by atoms with E-state index >= 15 is 0 Å². The Balaban J connectivity index is 3.12. The highest BCUT2D eigenvalue weighted by atomic mass is 35.5. The number of pyridine rings is 1. The van der Waals surface area contributed by atoms with E-state index in [0.29, 0.717) is 6.42 Å². The first-order valence-corrected chi connectivity index (χ1v) is 5.58. The number of hydrogen-bond donors (Lipinski definition) is 3. The van der Waals surface area contributed by atoms with E-state index in [1.54, 1.807) is 6.92 Å². The van der Waals surface area contributed by atoms with Gasteiger partial charge in [-0.25, -0.2) is 9.78 Å². The molecule has 1 atom stereocenters. The molecule has 0 aliphatic rings. The molecular formula is C11H15ClN2O3. The van der Waals surface area contributed by atoms with Gasteiger partial charge in [0.05, 0.1) is 12.1 Å². The minimum absolute atomic E-state index is 0.0301. The van der Waals surface area contributed by atoms with Crippen molar-refractivity contribution >= 4 is 23.4 Å². The lowest BCUT2D eigenvalue weighted by Crippen LogP contribution is -2.38. The van der Waals surface area contributed by atoms with Gasteiger partial charge in [-0.3, -0.25) is 0 Å². The molecule has 0 radical (unpaired) electrons. The molecule has 0 saturated heterocycles. The summed E-state index contributed by atoms with van der Waals surface area (Å²) in [6.07, 6.45) is 0.622. The Bertz CT molecular complexity index is 419. The van der Waals surface area contributed by atoms with Gasteiger partial charge in [-0.05, 0) is 25.5 Å². The monoisotopic (exact) mass is 258 g/mol. The number of nitrogens with zero attached hydrogens (tertiary/aromatic N) is 1. The van der Waals surface area contributed by atoms with E-state index in [9.17, 15) is 9.90 Å². The van der Waals surface area contributed by atoms with Crippen molar-refractivity contribution in [1.82, 2.24) is 4.98 Å². The summed E-state index contributed by atoms with van der Waals surface area (Å²) in [7, 11) is 0. The average molecular weight is 259 g/mol. The fourth-order valence-electron chi connectivity index (χ4n) is 1.23. The zero-order valence-electron chi connectivity index (χ0n) is 9.70. The van der Waals surface area contributed by atoms with Crippen molar-refractivity contribution in [3.05, 3.63) is 22.8 Å². The number of anilines is 1. The Morgan fingerprint density at radius 2 is 2.24 bits per heavy atom. The molecule has 94 valence electrons. The van der Waals surface area contributed by atoms with Gasteiger partial charge in [0.1, 0.15) is 16.5 Å². The molecule has 0 spiro atoms. The lowest BCUT2D eigenvalue weighted by atomic mass is 10.00. The Morgan fingerprint density at radius 1 is 1.59 bits per heavy atom. The van der Waals surface area contributed by atoms with Gasteiger partial charge in [0.25, 0.3) is 0 Å². The van der Waals surface area contributed by atoms with Crippen molar-refractivity contribution in [2.75, 3.05) is 11.9 Å². The van der Waals surface area contributed by atoms with Crippen LogP contribution in [0, 0.1) is 0 Å². The molecule has 0 aliphatic carbocycles. The number of aromatic nitrogens is 1. The third-order valence-electron chi connectivity index (χ3n) is 2.64. The van der Waals surface area contributed by atoms with Crippen molar-refractivity contribution in [1.29, 1.82) is 0 Å². The number of aliphatic hydroxyl groups excluding tert-OH is 1. The minimum atomic E-state index is -1.09. The van der Waals surface area contributed by atoms with E-state index in [-0.39, 0.29) is 23.1 Å². The van der Waals surface area contributed by atoms with E-state index in [4.69, 9.17) is 16.7 Å². The Hall–Kier alpha value is -1.33. The number of carbonyl (C=O) groups is 1. The first kappa shape index (κ1) is 13.7. The molecule has 3 N–H and O–H groups in total. The zero-order chi connectivity index (χ0) is 13.1. The van der Waals surface area contributed by atoms with Crippen molar-refractivity contribution in [3.63, 3.8) is 0 Å². The van der Waals surface area contributed by atoms with Crippen LogP contribution in [0.15, 0.2) is 12.1 Å². The molecule has 1 rings (SSSR count). The molecule has 0 aliphatic heterocycles. The van der Waals surface area contributed by atoms with E-state index < -0.39 is 11.5 Å². The maximum Gasteiger partial charge on any atom is 0.339 e. The van der Waals surface area contributed by atoms with E-state index in [1.807, 2.05) is 6.92 Å². The molecule has 0 amide bonds. The highest BCUT2D eigenvalue weighted by Gasteiger charge is 2.24. The maximum absolute atomic E-state index is 11.0. The molecule has 0 aromatic carbocycles. The van der Waals surface area contributed by atoms with E-state index in [0.717, 1.165) is 0 Å². The molecule has 0 saturated carbocycles. The highest BCUT2D eigenvalue weighted by Crippen LogP contribution is 2.22. The Labute approximate surface area is 104 Å². The van der Waals surface area contributed by atoms with Crippen molar-refractivity contribution in [2.45, 2.75) is 25.8 Å². The maximum atomic E-state index is 11.0. The van der Waals surface area contributed by atoms with Gasteiger partial charge in [0.2, 0.25) is 0 Å². The third-order valence-corrected chi connectivity index (χ3v) is 2.85. The minimum Gasteiger partial charge on any atom is -0.478 e. The number of carboxylic acid groups (broad SMARTS) is 1. The quantitative estimate of drug-likeness (QED) is 0.704. The van der Waals surface area contributed by atoms with Gasteiger partial charge < -0.3 is 15.5 Å². The van der Waals surface area contributed by atoms with Crippen molar-refractivity contribution < 1.29 is 15.0 Å². The molecule has 5 nitrogen and oxygen atoms in total. The van der Waals surface area contributed by atoms with Crippen LogP contribution in [0.3, 0.4) is 0 Å². The van der Waals surface area contributed by atoms with Crippen LogP contribution in [0.25, 0.3) is 0 Å². The van der Waals surface area contributed by atoms with E-state index in [1.165, 1.54) is 12.1 Å². The second-order valence-corrected chi connectivity index (χ2v) is 4.42. The van der Waals surface area contributed by atoms with Crippen LogP contribution in [-0.2, 0) is 0 Å². The average Bonchev–Trinajstić information content (AvgIpc) is 2.28. The van der Waals surface area contributed by atoms with Crippen molar-refractivity contribution in [2.24, 2.45) is 0 Å². The number of aliphatic hydroxyl groups is 1. The van der Waals surface area contributed by atoms with Crippen LogP contribution in [0.1, 0.15) is 30.6 Å². The van der Waals surface area contributed by atoms with Gasteiger partial charge in [0.15, 0.2) is 0 Å². The summed E-state index contributed by atoms with van der Waals surface area (Å²) in [6.45, 7) is 3.53. The molecule has 1 unspecified atom stereocenters. The van der Waals surface area contributed by atoms with Crippen LogP contribution in [0.4, 0.5) is 5.82 Å². The van der Waals surface area contributed by atoms with Crippen LogP contribution < -0.4 is 5.32 Å². The fraction of sp³-hybridized carbons (Fsp3) is 0.455. The number of halogens is 1. The molecule has 1 aromatic heterocycles. The largest absolute Gasteiger partial charge is 0.478 e. The lowest BCUT2D eigenvalue weighted by molar-refractivity contribution is 0.0697.